The number of aromatic nitrogens is 4. The Labute approximate surface area is 148 Å². The molecule has 2 saturated heterocycles. The van der Waals surface area contributed by atoms with Gasteiger partial charge in [0.05, 0.1) is 6.54 Å². The van der Waals surface area contributed by atoms with E-state index in [1.54, 1.807) is 6.33 Å². The van der Waals surface area contributed by atoms with Gasteiger partial charge in [-0.2, -0.15) is 0 Å². The van der Waals surface area contributed by atoms with Gasteiger partial charge in [-0.3, -0.25) is 4.90 Å². The minimum Gasteiger partial charge on any atom is -0.424 e. The maximum atomic E-state index is 5.63. The van der Waals surface area contributed by atoms with Crippen LogP contribution < -0.4 is 4.90 Å². The zero-order chi connectivity index (χ0) is 17.1. The van der Waals surface area contributed by atoms with E-state index < -0.39 is 0 Å². The second-order valence-corrected chi connectivity index (χ2v) is 6.99. The molecule has 134 valence electrons. The van der Waals surface area contributed by atoms with Crippen molar-refractivity contribution in [3.05, 3.63) is 29.9 Å². The first-order valence-electron chi connectivity index (χ1n) is 9.42. The largest absolute Gasteiger partial charge is 0.424 e. The summed E-state index contributed by atoms with van der Waals surface area (Å²) in [6, 6.07) is 2.21. The van der Waals surface area contributed by atoms with Crippen molar-refractivity contribution in [2.24, 2.45) is 0 Å². The fourth-order valence-corrected chi connectivity index (χ4v) is 3.78. The average molecular weight is 342 g/mol. The number of piperidine rings is 1. The Bertz CT molecular complexity index is 688. The predicted molar refractivity (Wildman–Crippen MR) is 94.4 cm³/mol. The van der Waals surface area contributed by atoms with Gasteiger partial charge in [-0.25, -0.2) is 9.97 Å². The quantitative estimate of drug-likeness (QED) is 0.826. The SMILES string of the molecule is CCc1nnc(CN2CCC(c3cc(N4CCCC4)ncn3)CC2)o1. The van der Waals surface area contributed by atoms with Crippen LogP contribution in [-0.2, 0) is 13.0 Å². The topological polar surface area (TPSA) is 71.2 Å². The van der Waals surface area contributed by atoms with Crippen LogP contribution in [0.25, 0.3) is 0 Å². The lowest BCUT2D eigenvalue weighted by molar-refractivity contribution is 0.185. The summed E-state index contributed by atoms with van der Waals surface area (Å²) in [6.45, 7) is 7.11. The molecule has 0 atom stereocenters. The summed E-state index contributed by atoms with van der Waals surface area (Å²) in [7, 11) is 0. The molecule has 2 aromatic rings. The van der Waals surface area contributed by atoms with Crippen LogP contribution in [0.2, 0.25) is 0 Å². The fourth-order valence-electron chi connectivity index (χ4n) is 3.78. The third kappa shape index (κ3) is 3.81. The van der Waals surface area contributed by atoms with Crippen molar-refractivity contribution in [3.63, 3.8) is 0 Å². The van der Waals surface area contributed by atoms with E-state index in [1.165, 1.54) is 18.5 Å². The van der Waals surface area contributed by atoms with Gasteiger partial charge in [-0.05, 0) is 38.8 Å². The summed E-state index contributed by atoms with van der Waals surface area (Å²) in [5.74, 6) is 3.08. The molecular weight excluding hydrogens is 316 g/mol. The van der Waals surface area contributed by atoms with Crippen LogP contribution in [0.4, 0.5) is 5.82 Å². The fraction of sp³-hybridized carbons (Fsp3) is 0.667. The van der Waals surface area contributed by atoms with Crippen LogP contribution >= 0.6 is 0 Å². The van der Waals surface area contributed by atoms with Crippen LogP contribution in [0.1, 0.15) is 56.0 Å². The molecule has 0 unspecified atom stereocenters. The van der Waals surface area contributed by atoms with Crippen molar-refractivity contribution in [2.75, 3.05) is 31.1 Å². The van der Waals surface area contributed by atoms with Crippen LogP contribution in [0.5, 0.6) is 0 Å². The molecule has 2 aromatic heterocycles. The third-order valence-electron chi connectivity index (χ3n) is 5.28. The molecule has 0 amide bonds. The maximum Gasteiger partial charge on any atom is 0.230 e. The summed E-state index contributed by atoms with van der Waals surface area (Å²) >= 11 is 0. The molecule has 0 bridgehead atoms. The average Bonchev–Trinajstić information content (AvgIpc) is 3.34. The lowest BCUT2D eigenvalue weighted by atomic mass is 9.93. The first kappa shape index (κ1) is 16.4. The van der Waals surface area contributed by atoms with E-state index in [4.69, 9.17) is 4.42 Å². The van der Waals surface area contributed by atoms with E-state index in [-0.39, 0.29) is 0 Å². The van der Waals surface area contributed by atoms with E-state index >= 15 is 0 Å². The van der Waals surface area contributed by atoms with Crippen molar-refractivity contribution in [3.8, 4) is 0 Å². The predicted octanol–water partition coefficient (Wildman–Crippen LogP) is 2.40. The van der Waals surface area contributed by atoms with Gasteiger partial charge in [-0.15, -0.1) is 10.2 Å². The number of anilines is 1. The first-order chi connectivity index (χ1) is 12.3. The van der Waals surface area contributed by atoms with Gasteiger partial charge in [-0.1, -0.05) is 6.92 Å². The smallest absolute Gasteiger partial charge is 0.230 e. The third-order valence-corrected chi connectivity index (χ3v) is 5.28. The minimum atomic E-state index is 0.523. The standard InChI is InChI=1S/C18H26N6O/c1-2-17-21-22-18(25-17)12-23-9-5-14(6-10-23)15-11-16(20-13-19-15)24-7-3-4-8-24/h11,13-14H,2-10,12H2,1H3. The molecular formula is C18H26N6O. The molecule has 0 aliphatic carbocycles. The molecule has 7 heteroatoms. The van der Waals surface area contributed by atoms with Crippen LogP contribution in [0.3, 0.4) is 0 Å². The lowest BCUT2D eigenvalue weighted by Gasteiger charge is -2.31. The number of hydrogen-bond donors (Lipinski definition) is 0. The Morgan fingerprint density at radius 3 is 2.52 bits per heavy atom. The number of hydrogen-bond acceptors (Lipinski definition) is 7. The highest BCUT2D eigenvalue weighted by molar-refractivity contribution is 5.40. The molecule has 0 aromatic carbocycles. The summed E-state index contributed by atoms with van der Waals surface area (Å²) < 4.78 is 5.63. The number of rotatable bonds is 5. The number of nitrogens with zero attached hydrogens (tertiary/aromatic N) is 6. The van der Waals surface area contributed by atoms with Gasteiger partial charge in [0.25, 0.3) is 0 Å². The van der Waals surface area contributed by atoms with Crippen LogP contribution in [-0.4, -0.2) is 51.2 Å². The van der Waals surface area contributed by atoms with Crippen molar-refractivity contribution < 1.29 is 4.42 Å². The molecule has 7 nitrogen and oxygen atoms in total. The zero-order valence-corrected chi connectivity index (χ0v) is 14.9. The molecule has 2 aliphatic rings. The molecule has 0 saturated carbocycles. The van der Waals surface area contributed by atoms with E-state index in [0.717, 1.165) is 69.6 Å². The Hall–Kier alpha value is -2.02. The zero-order valence-electron chi connectivity index (χ0n) is 14.9. The highest BCUT2D eigenvalue weighted by Gasteiger charge is 2.24. The summed E-state index contributed by atoms with van der Waals surface area (Å²) in [5, 5.41) is 8.17. The Morgan fingerprint density at radius 2 is 1.80 bits per heavy atom. The maximum absolute atomic E-state index is 5.63. The monoisotopic (exact) mass is 342 g/mol. The van der Waals surface area contributed by atoms with Crippen molar-refractivity contribution >= 4 is 5.82 Å². The summed E-state index contributed by atoms with van der Waals surface area (Å²) in [6.07, 6.45) is 7.30. The molecule has 0 radical (unpaired) electrons. The van der Waals surface area contributed by atoms with Crippen LogP contribution in [0.15, 0.2) is 16.8 Å². The normalized spacial score (nSPS) is 19.6. The van der Waals surface area contributed by atoms with Crippen molar-refractivity contribution in [2.45, 2.75) is 51.5 Å². The van der Waals surface area contributed by atoms with E-state index in [0.29, 0.717) is 5.92 Å². The second kappa shape index (κ2) is 7.47. The second-order valence-electron chi connectivity index (χ2n) is 6.99. The van der Waals surface area contributed by atoms with Gasteiger partial charge in [0.2, 0.25) is 11.8 Å². The minimum absolute atomic E-state index is 0.523. The van der Waals surface area contributed by atoms with Gasteiger partial charge >= 0.3 is 0 Å². The Kier molecular flexibility index (Phi) is 4.92. The van der Waals surface area contributed by atoms with Gasteiger partial charge in [0.15, 0.2) is 0 Å². The summed E-state index contributed by atoms with van der Waals surface area (Å²) in [4.78, 5) is 13.8. The highest BCUT2D eigenvalue weighted by Crippen LogP contribution is 2.29. The Morgan fingerprint density at radius 1 is 1.04 bits per heavy atom. The molecule has 2 fully saturated rings. The molecule has 0 spiro atoms. The lowest BCUT2D eigenvalue weighted by Crippen LogP contribution is -2.33. The van der Waals surface area contributed by atoms with Crippen LogP contribution in [0, 0.1) is 0 Å². The number of likely N-dealkylation sites (tertiary alicyclic amines) is 1. The van der Waals surface area contributed by atoms with Gasteiger partial charge in [0.1, 0.15) is 12.1 Å². The molecule has 25 heavy (non-hydrogen) atoms. The van der Waals surface area contributed by atoms with E-state index in [9.17, 15) is 0 Å². The number of aryl methyl sites for hydroxylation is 1. The van der Waals surface area contributed by atoms with E-state index in [2.05, 4.69) is 36.0 Å². The van der Waals surface area contributed by atoms with Crippen molar-refractivity contribution in [1.82, 2.24) is 25.1 Å². The van der Waals surface area contributed by atoms with Gasteiger partial charge in [0, 0.05) is 37.2 Å². The molecule has 4 rings (SSSR count). The van der Waals surface area contributed by atoms with Crippen molar-refractivity contribution in [1.29, 1.82) is 0 Å². The van der Waals surface area contributed by atoms with E-state index in [1.807, 2.05) is 6.92 Å². The first-order valence-corrected chi connectivity index (χ1v) is 9.42. The van der Waals surface area contributed by atoms with Gasteiger partial charge < -0.3 is 9.32 Å². The highest BCUT2D eigenvalue weighted by atomic mass is 16.4. The summed E-state index contributed by atoms with van der Waals surface area (Å²) in [5.41, 5.74) is 1.20. The molecule has 2 aliphatic heterocycles. The Balaban J connectivity index is 1.34. The molecule has 4 heterocycles. The molecule has 0 N–H and O–H groups in total.